The average molecular weight is 442 g/mol. The number of aliphatic hydroxyl groups is 1. The highest BCUT2D eigenvalue weighted by Crippen LogP contribution is 2.34. The van der Waals surface area contributed by atoms with Crippen molar-refractivity contribution < 1.29 is 33.2 Å². The molecular formula is C21H32FN3O6. The molecule has 0 unspecified atom stereocenters. The van der Waals surface area contributed by atoms with Crippen molar-refractivity contribution in [3.8, 4) is 5.88 Å². The fourth-order valence-electron chi connectivity index (χ4n) is 3.28. The number of halogens is 1. The zero-order valence-corrected chi connectivity index (χ0v) is 18.1. The molecule has 1 aromatic heterocycles. The topological polar surface area (TPSA) is 102 Å². The van der Waals surface area contributed by atoms with E-state index in [9.17, 15) is 14.3 Å². The summed E-state index contributed by atoms with van der Waals surface area (Å²) in [6.45, 7) is 4.46. The Morgan fingerprint density at radius 3 is 2.84 bits per heavy atom. The lowest BCUT2D eigenvalue weighted by Crippen LogP contribution is -2.52. The molecule has 10 heteroatoms. The summed E-state index contributed by atoms with van der Waals surface area (Å²) in [7, 11) is 1.68. The van der Waals surface area contributed by atoms with Crippen LogP contribution in [0.3, 0.4) is 0 Å². The maximum absolute atomic E-state index is 12.6. The van der Waals surface area contributed by atoms with Gasteiger partial charge in [0.15, 0.2) is 0 Å². The van der Waals surface area contributed by atoms with Crippen LogP contribution in [0, 0.1) is 5.41 Å². The number of rotatable bonds is 13. The van der Waals surface area contributed by atoms with Gasteiger partial charge in [-0.3, -0.25) is 9.18 Å². The van der Waals surface area contributed by atoms with Gasteiger partial charge in [0.05, 0.1) is 44.6 Å². The van der Waals surface area contributed by atoms with Crippen molar-refractivity contribution in [3.05, 3.63) is 17.8 Å². The largest absolute Gasteiger partial charge is 0.475 e. The molecule has 174 valence electrons. The van der Waals surface area contributed by atoms with Crippen molar-refractivity contribution in [1.29, 1.82) is 0 Å². The molecule has 0 radical (unpaired) electrons. The fourth-order valence-corrected chi connectivity index (χ4v) is 3.28. The third-order valence-corrected chi connectivity index (χ3v) is 5.43. The Bertz CT molecular complexity index is 722. The van der Waals surface area contributed by atoms with Crippen molar-refractivity contribution in [3.63, 3.8) is 0 Å². The molecule has 2 fully saturated rings. The maximum Gasteiger partial charge on any atom is 0.270 e. The minimum absolute atomic E-state index is 0.0438. The van der Waals surface area contributed by atoms with E-state index in [1.165, 1.54) is 0 Å². The smallest absolute Gasteiger partial charge is 0.270 e. The number of hydrogen-bond donors (Lipinski definition) is 2. The van der Waals surface area contributed by atoms with E-state index in [1.54, 1.807) is 13.2 Å². The standard InChI is InChI=1S/C21H32FN3O6/c1-15(10-29-7-3-6-22)23-19(27)17-4-5-18(25-8-16(9-25)28-2)20(24-17)31-14-21(11-26)12-30-13-21/h4-5,15-16,26H,3,6-14H2,1-2H3,(H,23,27)/t15-/m0/s1. The number of anilines is 1. The van der Waals surface area contributed by atoms with Gasteiger partial charge >= 0.3 is 0 Å². The molecule has 3 heterocycles. The monoisotopic (exact) mass is 441 g/mol. The highest BCUT2D eigenvalue weighted by molar-refractivity contribution is 5.93. The van der Waals surface area contributed by atoms with Crippen molar-refractivity contribution in [2.45, 2.75) is 25.5 Å². The van der Waals surface area contributed by atoms with Gasteiger partial charge < -0.3 is 34.3 Å². The molecule has 0 saturated carbocycles. The van der Waals surface area contributed by atoms with E-state index in [0.717, 1.165) is 5.69 Å². The first-order valence-electron chi connectivity index (χ1n) is 10.5. The van der Waals surface area contributed by atoms with Crippen molar-refractivity contribution in [2.75, 3.05) is 71.4 Å². The molecule has 9 nitrogen and oxygen atoms in total. The second-order valence-electron chi connectivity index (χ2n) is 8.22. The molecule has 1 amide bonds. The lowest BCUT2D eigenvalue weighted by atomic mass is 9.88. The summed E-state index contributed by atoms with van der Waals surface area (Å²) in [5, 5.41) is 12.5. The number of amides is 1. The second-order valence-corrected chi connectivity index (χ2v) is 8.22. The third-order valence-electron chi connectivity index (χ3n) is 5.43. The number of carbonyl (C=O) groups excluding carboxylic acids is 1. The van der Waals surface area contributed by atoms with Crippen LogP contribution < -0.4 is 15.0 Å². The number of aliphatic hydroxyl groups excluding tert-OH is 1. The Morgan fingerprint density at radius 1 is 1.45 bits per heavy atom. The summed E-state index contributed by atoms with van der Waals surface area (Å²) in [6.07, 6.45) is 0.489. The highest BCUT2D eigenvalue weighted by atomic mass is 19.1. The highest BCUT2D eigenvalue weighted by Gasteiger charge is 2.40. The lowest BCUT2D eigenvalue weighted by Gasteiger charge is -2.41. The summed E-state index contributed by atoms with van der Waals surface area (Å²) in [5.41, 5.74) is 0.564. The number of hydrogen-bond acceptors (Lipinski definition) is 8. The van der Waals surface area contributed by atoms with Gasteiger partial charge in [0.1, 0.15) is 18.0 Å². The molecule has 1 atom stereocenters. The van der Waals surface area contributed by atoms with Crippen LogP contribution in [0.15, 0.2) is 12.1 Å². The molecule has 0 spiro atoms. The summed E-state index contributed by atoms with van der Waals surface area (Å²) >= 11 is 0. The van der Waals surface area contributed by atoms with Gasteiger partial charge in [-0.25, -0.2) is 4.98 Å². The van der Waals surface area contributed by atoms with Crippen LogP contribution in [0.5, 0.6) is 5.88 Å². The van der Waals surface area contributed by atoms with Crippen LogP contribution in [0.25, 0.3) is 0 Å². The van der Waals surface area contributed by atoms with Gasteiger partial charge in [0, 0.05) is 32.8 Å². The Morgan fingerprint density at radius 2 is 2.23 bits per heavy atom. The lowest BCUT2D eigenvalue weighted by molar-refractivity contribution is -0.153. The van der Waals surface area contributed by atoms with E-state index < -0.39 is 12.1 Å². The quantitative estimate of drug-likeness (QED) is 0.434. The van der Waals surface area contributed by atoms with Crippen molar-refractivity contribution in [1.82, 2.24) is 10.3 Å². The number of methoxy groups -OCH3 is 1. The van der Waals surface area contributed by atoms with Gasteiger partial charge in [-0.05, 0) is 25.5 Å². The van der Waals surface area contributed by atoms with E-state index in [4.69, 9.17) is 18.9 Å². The van der Waals surface area contributed by atoms with Gasteiger partial charge in [-0.15, -0.1) is 0 Å². The zero-order valence-electron chi connectivity index (χ0n) is 18.1. The van der Waals surface area contributed by atoms with E-state index in [1.807, 2.05) is 13.0 Å². The van der Waals surface area contributed by atoms with Gasteiger partial charge in [-0.1, -0.05) is 0 Å². The van der Waals surface area contributed by atoms with Crippen molar-refractivity contribution in [2.24, 2.45) is 5.41 Å². The van der Waals surface area contributed by atoms with Crippen LogP contribution in [0.2, 0.25) is 0 Å². The first kappa shape index (κ1) is 23.6. The predicted octanol–water partition coefficient (Wildman–Crippen LogP) is 0.799. The number of ether oxygens (including phenoxy) is 4. The molecule has 0 bridgehead atoms. The molecular weight excluding hydrogens is 409 g/mol. The van der Waals surface area contributed by atoms with E-state index >= 15 is 0 Å². The Labute approximate surface area is 181 Å². The van der Waals surface area contributed by atoms with Crippen molar-refractivity contribution >= 4 is 11.6 Å². The van der Waals surface area contributed by atoms with Crippen LogP contribution in [0.4, 0.5) is 10.1 Å². The fraction of sp³-hybridized carbons (Fsp3) is 0.714. The Kier molecular flexibility index (Phi) is 8.42. The van der Waals surface area contributed by atoms with Crippen LogP contribution in [0.1, 0.15) is 23.8 Å². The third kappa shape index (κ3) is 6.03. The van der Waals surface area contributed by atoms with E-state index in [0.29, 0.717) is 51.8 Å². The number of nitrogens with zero attached hydrogens (tertiary/aromatic N) is 2. The first-order valence-corrected chi connectivity index (χ1v) is 10.5. The zero-order chi connectivity index (χ0) is 22.3. The predicted molar refractivity (Wildman–Crippen MR) is 111 cm³/mol. The molecule has 2 N–H and O–H groups in total. The first-order chi connectivity index (χ1) is 15.0. The average Bonchev–Trinajstić information content (AvgIpc) is 2.70. The second kappa shape index (κ2) is 11.0. The molecule has 31 heavy (non-hydrogen) atoms. The van der Waals surface area contributed by atoms with Crippen LogP contribution in [-0.2, 0) is 14.2 Å². The van der Waals surface area contributed by atoms with Gasteiger partial charge in [0.25, 0.3) is 5.91 Å². The SMILES string of the molecule is COC1CN(c2ccc(C(=O)N[C@@H](C)COCCCF)nc2OCC2(CO)COC2)C1. The molecule has 1 aromatic rings. The summed E-state index contributed by atoms with van der Waals surface area (Å²) in [6, 6.07) is 3.22. The van der Waals surface area contributed by atoms with E-state index in [-0.39, 0.29) is 37.0 Å². The summed E-state index contributed by atoms with van der Waals surface area (Å²) < 4.78 is 34.0. The number of nitrogens with one attached hydrogen (secondary N) is 1. The summed E-state index contributed by atoms with van der Waals surface area (Å²) in [4.78, 5) is 19.2. The number of alkyl halides is 1. The number of carbonyl (C=O) groups is 1. The molecule has 0 aromatic carbocycles. The summed E-state index contributed by atoms with van der Waals surface area (Å²) in [5.74, 6) is -0.00556. The van der Waals surface area contributed by atoms with Gasteiger partial charge in [-0.2, -0.15) is 0 Å². The molecule has 3 rings (SSSR count). The van der Waals surface area contributed by atoms with Gasteiger partial charge in [0.2, 0.25) is 5.88 Å². The van der Waals surface area contributed by atoms with Crippen LogP contribution >= 0.6 is 0 Å². The number of pyridine rings is 1. The Balaban J connectivity index is 1.65. The minimum atomic E-state index is -0.438. The molecule has 2 aliphatic rings. The minimum Gasteiger partial charge on any atom is -0.475 e. The van der Waals surface area contributed by atoms with E-state index in [2.05, 4.69) is 15.2 Å². The van der Waals surface area contributed by atoms with Crippen LogP contribution in [-0.4, -0.2) is 94.7 Å². The number of aromatic nitrogens is 1. The molecule has 2 saturated heterocycles. The maximum atomic E-state index is 12.6. The Hall–Kier alpha value is -2.01. The normalized spacial score (nSPS) is 18.8. The molecule has 0 aliphatic carbocycles. The molecule has 2 aliphatic heterocycles.